The van der Waals surface area contributed by atoms with Crippen LogP contribution in [0.1, 0.15) is 27.7 Å². The Kier molecular flexibility index (Phi) is 6.75. The van der Waals surface area contributed by atoms with Crippen LogP contribution < -0.4 is 5.32 Å². The zero-order valence-electron chi connectivity index (χ0n) is 18.1. The van der Waals surface area contributed by atoms with Gasteiger partial charge >= 0.3 is 11.9 Å². The minimum absolute atomic E-state index is 0. The monoisotopic (exact) mass is 480 g/mol. The van der Waals surface area contributed by atoms with Gasteiger partial charge in [-0.15, -0.1) is 24.2 Å². The van der Waals surface area contributed by atoms with Crippen molar-refractivity contribution in [3.8, 4) is 0 Å². The normalized spacial score (nSPS) is 20.2. The summed E-state index contributed by atoms with van der Waals surface area (Å²) < 4.78 is 10.1. The molecule has 172 valence electrons. The number of H-pyrrole nitrogens is 1. The number of esters is 2. The third kappa shape index (κ3) is 4.42. The Labute approximate surface area is 195 Å². The van der Waals surface area contributed by atoms with Gasteiger partial charge in [0.05, 0.1) is 16.4 Å². The first kappa shape index (κ1) is 23.9. The molecule has 1 aromatic heterocycles. The lowest BCUT2D eigenvalue weighted by Gasteiger charge is -2.49. The van der Waals surface area contributed by atoms with Gasteiger partial charge in [0.15, 0.2) is 0 Å². The predicted molar refractivity (Wildman–Crippen MR) is 123 cm³/mol. The summed E-state index contributed by atoms with van der Waals surface area (Å²) in [6.45, 7) is 6.42. The van der Waals surface area contributed by atoms with Crippen LogP contribution in [0.3, 0.4) is 0 Å². The molecule has 1 saturated heterocycles. The Morgan fingerprint density at radius 2 is 2.00 bits per heavy atom. The Morgan fingerprint density at radius 3 is 2.69 bits per heavy atom. The number of hydrogen-bond donors (Lipinski definition) is 2. The van der Waals surface area contributed by atoms with Crippen molar-refractivity contribution in [1.82, 2.24) is 14.9 Å². The van der Waals surface area contributed by atoms with E-state index in [-0.39, 0.29) is 29.4 Å². The van der Waals surface area contributed by atoms with Crippen LogP contribution in [0, 0.1) is 5.41 Å². The lowest BCUT2D eigenvalue weighted by atomic mass is 9.98. The summed E-state index contributed by atoms with van der Waals surface area (Å²) in [7, 11) is 0. The SMILES string of the molecule is CC1=C(C(=O)OCOC(=O)C(C)(C)C)N2C(=O)C(Nc3nc4ccccc4[nH]3)[C@H]2SC1.Cl. The number of amides is 1. The Bertz CT molecular complexity index is 1060. The van der Waals surface area contributed by atoms with E-state index in [2.05, 4.69) is 15.3 Å². The maximum atomic E-state index is 12.9. The molecule has 1 fully saturated rings. The molecule has 1 aromatic carbocycles. The molecule has 2 atom stereocenters. The van der Waals surface area contributed by atoms with Gasteiger partial charge in [-0.3, -0.25) is 14.5 Å². The first-order valence-corrected chi connectivity index (χ1v) is 10.9. The van der Waals surface area contributed by atoms with Crippen LogP contribution in [-0.4, -0.2) is 56.7 Å². The zero-order chi connectivity index (χ0) is 22.3. The molecule has 1 amide bonds. The van der Waals surface area contributed by atoms with Gasteiger partial charge in [0, 0.05) is 5.75 Å². The summed E-state index contributed by atoms with van der Waals surface area (Å²) >= 11 is 1.56. The molecule has 1 unspecified atom stereocenters. The number of fused-ring (bicyclic) bond motifs is 2. The van der Waals surface area contributed by atoms with Crippen LogP contribution in [0.2, 0.25) is 0 Å². The highest BCUT2D eigenvalue weighted by Crippen LogP contribution is 2.41. The summed E-state index contributed by atoms with van der Waals surface area (Å²) in [5.74, 6) is -0.308. The zero-order valence-corrected chi connectivity index (χ0v) is 19.8. The standard InChI is InChI=1S/C21H24N4O5S.ClH/c1-11-9-31-17-14(24-20-22-12-7-5-6-8-13(12)23-20)16(26)25(17)15(11)18(27)29-10-30-19(28)21(2,3)4;/h5-8,14,17H,9-10H2,1-4H3,(H2,22,23,24);1H/t14?,17-;/m1./s1. The minimum atomic E-state index is -0.697. The second kappa shape index (κ2) is 9.03. The first-order chi connectivity index (χ1) is 14.7. The lowest BCUT2D eigenvalue weighted by molar-refractivity contribution is -0.173. The summed E-state index contributed by atoms with van der Waals surface area (Å²) in [5.41, 5.74) is 1.92. The van der Waals surface area contributed by atoms with Crippen molar-refractivity contribution in [3.63, 3.8) is 0 Å². The number of aromatic amines is 1. The lowest BCUT2D eigenvalue weighted by Crippen LogP contribution is -2.67. The molecule has 0 radical (unpaired) electrons. The van der Waals surface area contributed by atoms with Gasteiger partial charge in [0.1, 0.15) is 17.1 Å². The topological polar surface area (TPSA) is 114 Å². The van der Waals surface area contributed by atoms with Gasteiger partial charge in [0.2, 0.25) is 12.7 Å². The highest BCUT2D eigenvalue weighted by Gasteiger charge is 2.53. The summed E-state index contributed by atoms with van der Waals surface area (Å²) in [6, 6.07) is 7.07. The summed E-state index contributed by atoms with van der Waals surface area (Å²) in [6.07, 6.45) is 0. The summed E-state index contributed by atoms with van der Waals surface area (Å²) in [5, 5.41) is 2.88. The fourth-order valence-electron chi connectivity index (χ4n) is 3.35. The quantitative estimate of drug-likeness (QED) is 0.381. The number of para-hydroxylation sites is 2. The fraction of sp³-hybridized carbons (Fsp3) is 0.429. The van der Waals surface area contributed by atoms with E-state index in [1.807, 2.05) is 24.3 Å². The van der Waals surface area contributed by atoms with E-state index in [9.17, 15) is 14.4 Å². The number of ether oxygens (including phenoxy) is 2. The highest BCUT2D eigenvalue weighted by molar-refractivity contribution is 8.00. The van der Waals surface area contributed by atoms with Crippen LogP contribution in [0.25, 0.3) is 11.0 Å². The molecule has 0 aliphatic carbocycles. The highest BCUT2D eigenvalue weighted by atomic mass is 35.5. The number of thioether (sulfide) groups is 1. The molecule has 2 aliphatic heterocycles. The van der Waals surface area contributed by atoms with Crippen LogP contribution in [0.4, 0.5) is 5.95 Å². The molecular formula is C21H25ClN4O5S. The third-order valence-electron chi connectivity index (χ3n) is 5.03. The maximum Gasteiger partial charge on any atom is 0.357 e. The van der Waals surface area contributed by atoms with E-state index >= 15 is 0 Å². The number of rotatable bonds is 5. The van der Waals surface area contributed by atoms with Crippen LogP contribution in [0.15, 0.2) is 35.5 Å². The van der Waals surface area contributed by atoms with Crippen molar-refractivity contribution >= 4 is 59.0 Å². The molecule has 4 rings (SSSR count). The molecule has 2 aromatic rings. The minimum Gasteiger partial charge on any atom is -0.427 e. The van der Waals surface area contributed by atoms with E-state index in [0.29, 0.717) is 11.7 Å². The number of halogens is 1. The largest absolute Gasteiger partial charge is 0.427 e. The van der Waals surface area contributed by atoms with Crippen LogP contribution in [-0.2, 0) is 23.9 Å². The fourth-order valence-corrected chi connectivity index (χ4v) is 4.64. The Hall–Kier alpha value is -2.72. The van der Waals surface area contributed by atoms with Gasteiger partial charge in [-0.25, -0.2) is 9.78 Å². The number of nitrogens with zero attached hydrogens (tertiary/aromatic N) is 2. The van der Waals surface area contributed by atoms with Gasteiger partial charge < -0.3 is 19.8 Å². The van der Waals surface area contributed by atoms with Crippen molar-refractivity contribution in [3.05, 3.63) is 35.5 Å². The Morgan fingerprint density at radius 1 is 1.28 bits per heavy atom. The molecule has 11 heteroatoms. The van der Waals surface area contributed by atoms with E-state index in [0.717, 1.165) is 16.6 Å². The van der Waals surface area contributed by atoms with Gasteiger partial charge in [-0.05, 0) is 45.4 Å². The van der Waals surface area contributed by atoms with E-state index in [4.69, 9.17) is 9.47 Å². The number of aromatic nitrogens is 2. The van der Waals surface area contributed by atoms with E-state index in [1.54, 1.807) is 39.5 Å². The average Bonchev–Trinajstić information content (AvgIpc) is 3.13. The van der Waals surface area contributed by atoms with E-state index < -0.39 is 30.2 Å². The number of imidazole rings is 1. The van der Waals surface area contributed by atoms with Gasteiger partial charge in [0.25, 0.3) is 5.91 Å². The average molecular weight is 481 g/mol. The van der Waals surface area contributed by atoms with Gasteiger partial charge in [-0.1, -0.05) is 12.1 Å². The summed E-state index contributed by atoms with van der Waals surface area (Å²) in [4.78, 5) is 46.4. The number of benzene rings is 1. The predicted octanol–water partition coefficient (Wildman–Crippen LogP) is 3.04. The maximum absolute atomic E-state index is 12.9. The van der Waals surface area contributed by atoms with Crippen LogP contribution >= 0.6 is 24.2 Å². The molecule has 0 spiro atoms. The number of carbonyl (C=O) groups is 3. The van der Waals surface area contributed by atoms with Crippen molar-refractivity contribution in [2.75, 3.05) is 17.9 Å². The van der Waals surface area contributed by atoms with E-state index in [1.165, 1.54) is 4.90 Å². The number of β-lactam (4-membered cyclic amide) rings is 1. The molecule has 2 N–H and O–H groups in total. The van der Waals surface area contributed by atoms with Crippen molar-refractivity contribution in [1.29, 1.82) is 0 Å². The molecule has 9 nitrogen and oxygen atoms in total. The third-order valence-corrected chi connectivity index (χ3v) is 6.45. The molecule has 0 bridgehead atoms. The van der Waals surface area contributed by atoms with Crippen molar-refractivity contribution in [2.45, 2.75) is 39.1 Å². The number of nitrogens with one attached hydrogen (secondary N) is 2. The van der Waals surface area contributed by atoms with Crippen molar-refractivity contribution < 1.29 is 23.9 Å². The number of hydrogen-bond acceptors (Lipinski definition) is 8. The molecule has 3 heterocycles. The van der Waals surface area contributed by atoms with Crippen molar-refractivity contribution in [2.24, 2.45) is 5.41 Å². The number of carbonyl (C=O) groups excluding carboxylic acids is 3. The first-order valence-electron chi connectivity index (χ1n) is 9.87. The smallest absolute Gasteiger partial charge is 0.357 e. The second-order valence-corrected chi connectivity index (χ2v) is 9.60. The van der Waals surface area contributed by atoms with Gasteiger partial charge in [-0.2, -0.15) is 0 Å². The molecular weight excluding hydrogens is 456 g/mol. The van der Waals surface area contributed by atoms with Crippen LogP contribution in [0.5, 0.6) is 0 Å². The Balaban J connectivity index is 0.00000289. The molecule has 0 saturated carbocycles. The molecule has 32 heavy (non-hydrogen) atoms. The number of anilines is 1. The second-order valence-electron chi connectivity index (χ2n) is 8.49. The molecule has 2 aliphatic rings.